The van der Waals surface area contributed by atoms with Crippen molar-refractivity contribution in [2.24, 2.45) is 0 Å². The molecule has 0 saturated carbocycles. The summed E-state index contributed by atoms with van der Waals surface area (Å²) in [5, 5.41) is 11.3. The molecule has 5 nitrogen and oxygen atoms in total. The first-order valence-electron chi connectivity index (χ1n) is 6.75. The summed E-state index contributed by atoms with van der Waals surface area (Å²) in [5.74, 6) is -0.690. The van der Waals surface area contributed by atoms with Crippen LogP contribution in [0.15, 0.2) is 48.5 Å². The number of hydrogen-bond acceptors (Lipinski definition) is 3. The molecule has 2 aromatic rings. The fourth-order valence-electron chi connectivity index (χ4n) is 2.16. The first-order valence-corrected chi connectivity index (χ1v) is 6.75. The molecule has 0 fully saturated rings. The molecule has 0 amide bonds. The first-order chi connectivity index (χ1) is 10.3. The van der Waals surface area contributed by atoms with Crippen LogP contribution >= 0.6 is 0 Å². The highest BCUT2D eigenvalue weighted by Gasteiger charge is 2.27. The summed E-state index contributed by atoms with van der Waals surface area (Å²) in [5.41, 5.74) is 7.79. The average Bonchev–Trinajstić information content (AvgIpc) is 2.56. The van der Waals surface area contributed by atoms with E-state index in [2.05, 4.69) is 11.5 Å². The fourth-order valence-corrected chi connectivity index (χ4v) is 2.16. The maximum Gasteiger partial charge on any atom is 0.131 e. The molecular weight excluding hydrogens is 348 g/mol. The van der Waals surface area contributed by atoms with Crippen molar-refractivity contribution in [3.05, 3.63) is 59.7 Å². The van der Waals surface area contributed by atoms with Crippen molar-refractivity contribution in [1.82, 2.24) is 0 Å². The quantitative estimate of drug-likeness (QED) is 0.543. The van der Waals surface area contributed by atoms with Crippen LogP contribution in [0, 0.1) is 0 Å². The highest BCUT2D eigenvalue weighted by atomic mass is 79.9. The lowest BCUT2D eigenvalue weighted by Gasteiger charge is -2.28. The molecule has 0 bridgehead atoms. The summed E-state index contributed by atoms with van der Waals surface area (Å²) in [6.45, 7) is 0. The number of carboxylic acid groups (broad SMARTS) is 1. The van der Waals surface area contributed by atoms with Gasteiger partial charge in [0, 0.05) is 11.1 Å². The van der Waals surface area contributed by atoms with Gasteiger partial charge in [0.05, 0.1) is 26.0 Å². The summed E-state index contributed by atoms with van der Waals surface area (Å²) in [7, 11) is 3.50. The highest BCUT2D eigenvalue weighted by molar-refractivity contribution is 5.82. The number of para-hydroxylation sites is 2. The van der Waals surface area contributed by atoms with E-state index >= 15 is 0 Å². The minimum absolute atomic E-state index is 0. The number of carboxylic acids is 1. The van der Waals surface area contributed by atoms with E-state index in [9.17, 15) is 9.90 Å². The maximum atomic E-state index is 11.3. The third-order valence-electron chi connectivity index (χ3n) is 2.92. The van der Waals surface area contributed by atoms with Gasteiger partial charge < -0.3 is 43.1 Å². The maximum absolute atomic E-state index is 11.3. The number of rotatable bonds is 1. The lowest BCUT2D eigenvalue weighted by molar-refractivity contribution is -0.325. The van der Waals surface area contributed by atoms with Crippen LogP contribution in [0.1, 0.15) is 17.0 Å². The molecule has 0 unspecified atom stereocenters. The Morgan fingerprint density at radius 3 is 1.64 bits per heavy atom. The van der Waals surface area contributed by atoms with Crippen molar-refractivity contribution < 1.29 is 43.1 Å². The van der Waals surface area contributed by atoms with Crippen LogP contribution in [0.25, 0.3) is 0 Å². The number of halogens is 1. The van der Waals surface area contributed by atoms with Crippen LogP contribution < -0.4 is 38.3 Å². The van der Waals surface area contributed by atoms with Crippen molar-refractivity contribution in [3.63, 3.8) is 0 Å². The Bertz CT molecular complexity index is 560. The molecule has 0 aromatic heterocycles. The Morgan fingerprint density at radius 1 is 0.909 bits per heavy atom. The van der Waals surface area contributed by atoms with E-state index in [0.29, 0.717) is 22.6 Å². The molecule has 0 radical (unpaired) electrons. The van der Waals surface area contributed by atoms with Crippen LogP contribution in [0.5, 0.6) is 11.5 Å². The minimum Gasteiger partial charge on any atom is -1.00 e. The summed E-state index contributed by atoms with van der Waals surface area (Å²) < 4.78 is 5.67. The zero-order valence-electron chi connectivity index (χ0n) is 12.7. The Kier molecular flexibility index (Phi) is 9.09. The standard InChI is InChI=1S/C14H10O3.2CH5N.BrH/c15-14(16)13-9-5-1-3-7-11(9)17-12-8-4-2-6-10(12)13;2*1-2;/h1-8,13H,(H,15,16);2*2H2,1H3;1H. The zero-order valence-corrected chi connectivity index (χ0v) is 14.3. The predicted octanol–water partition coefficient (Wildman–Crippen LogP) is -3.61. The fraction of sp³-hybridized carbons (Fsp3) is 0.188. The van der Waals surface area contributed by atoms with E-state index in [-0.39, 0.29) is 17.0 Å². The number of quaternary nitrogens is 2. The van der Waals surface area contributed by atoms with Gasteiger partial charge in [0.2, 0.25) is 0 Å². The average molecular weight is 369 g/mol. The van der Waals surface area contributed by atoms with E-state index in [4.69, 9.17) is 4.74 Å². The molecule has 3 rings (SSSR count). The zero-order chi connectivity index (χ0) is 15.8. The van der Waals surface area contributed by atoms with Gasteiger partial charge in [-0.3, -0.25) is 0 Å². The molecule has 2 aromatic carbocycles. The number of benzene rings is 2. The van der Waals surface area contributed by atoms with Crippen molar-refractivity contribution in [3.8, 4) is 11.5 Å². The molecular formula is C16H21BrN2O3. The Morgan fingerprint density at radius 2 is 1.27 bits per heavy atom. The van der Waals surface area contributed by atoms with Crippen LogP contribution in [0.3, 0.4) is 0 Å². The molecule has 0 atom stereocenters. The van der Waals surface area contributed by atoms with E-state index in [1.807, 2.05) is 12.1 Å². The number of fused-ring (bicyclic) bond motifs is 2. The van der Waals surface area contributed by atoms with Crippen molar-refractivity contribution in [2.45, 2.75) is 5.92 Å². The van der Waals surface area contributed by atoms with Crippen LogP contribution in [-0.2, 0) is 4.79 Å². The molecule has 120 valence electrons. The molecule has 0 saturated heterocycles. The third-order valence-corrected chi connectivity index (χ3v) is 2.92. The summed E-state index contributed by atoms with van der Waals surface area (Å²) in [6, 6.07) is 14.3. The first kappa shape index (κ1) is 20.1. The lowest BCUT2D eigenvalue weighted by Crippen LogP contribution is -3.00. The van der Waals surface area contributed by atoms with Gasteiger partial charge >= 0.3 is 0 Å². The summed E-state index contributed by atoms with van der Waals surface area (Å²) >= 11 is 0. The van der Waals surface area contributed by atoms with Crippen LogP contribution in [-0.4, -0.2) is 20.1 Å². The van der Waals surface area contributed by atoms with Crippen LogP contribution in [0.4, 0.5) is 0 Å². The Balaban J connectivity index is 0.000000819. The molecule has 22 heavy (non-hydrogen) atoms. The minimum atomic E-state index is -1.10. The number of hydrogen-bond donors (Lipinski definition) is 2. The second kappa shape index (κ2) is 9.94. The summed E-state index contributed by atoms with van der Waals surface area (Å²) in [6.07, 6.45) is 0. The van der Waals surface area contributed by atoms with E-state index in [1.54, 1.807) is 50.5 Å². The van der Waals surface area contributed by atoms with Gasteiger partial charge in [0.1, 0.15) is 11.5 Å². The van der Waals surface area contributed by atoms with Gasteiger partial charge in [-0.1, -0.05) is 36.4 Å². The SMILES string of the molecule is C[NH3+].C[NH3+].O=C([O-])C1c2ccccc2Oc2ccccc21.[Br-]. The van der Waals surface area contributed by atoms with E-state index in [0.717, 1.165) is 0 Å². The molecule has 1 heterocycles. The van der Waals surface area contributed by atoms with E-state index < -0.39 is 11.9 Å². The van der Waals surface area contributed by atoms with Gasteiger partial charge in [-0.25, -0.2) is 0 Å². The number of carbonyl (C=O) groups excluding carboxylic acids is 1. The van der Waals surface area contributed by atoms with Gasteiger partial charge in [-0.05, 0) is 12.1 Å². The van der Waals surface area contributed by atoms with Crippen molar-refractivity contribution >= 4 is 5.97 Å². The van der Waals surface area contributed by atoms with E-state index in [1.165, 1.54) is 0 Å². The monoisotopic (exact) mass is 368 g/mol. The number of carbonyl (C=O) groups is 1. The largest absolute Gasteiger partial charge is 1.00 e. The molecule has 0 spiro atoms. The number of ether oxygens (including phenoxy) is 1. The predicted molar refractivity (Wildman–Crippen MR) is 77.4 cm³/mol. The van der Waals surface area contributed by atoms with Crippen molar-refractivity contribution in [2.75, 3.05) is 14.1 Å². The normalized spacial score (nSPS) is 10.9. The topological polar surface area (TPSA) is 105 Å². The van der Waals surface area contributed by atoms with Gasteiger partial charge in [0.15, 0.2) is 0 Å². The Hall–Kier alpha value is -1.89. The molecule has 6 N–H and O–H groups in total. The molecule has 1 aliphatic heterocycles. The van der Waals surface area contributed by atoms with Crippen LogP contribution in [0.2, 0.25) is 0 Å². The molecule has 1 aliphatic rings. The smallest absolute Gasteiger partial charge is 0.131 e. The summed E-state index contributed by atoms with van der Waals surface area (Å²) in [4.78, 5) is 11.3. The van der Waals surface area contributed by atoms with Crippen molar-refractivity contribution in [1.29, 1.82) is 0 Å². The molecule has 0 aliphatic carbocycles. The van der Waals surface area contributed by atoms with Gasteiger partial charge in [0.25, 0.3) is 0 Å². The van der Waals surface area contributed by atoms with Gasteiger partial charge in [-0.15, -0.1) is 0 Å². The Labute approximate surface area is 140 Å². The second-order valence-electron chi connectivity index (χ2n) is 3.93. The lowest BCUT2D eigenvalue weighted by atomic mass is 9.88. The number of aliphatic carboxylic acids is 1. The highest BCUT2D eigenvalue weighted by Crippen LogP contribution is 2.43. The second-order valence-corrected chi connectivity index (χ2v) is 3.93. The third kappa shape index (κ3) is 4.07. The molecule has 6 heteroatoms. The van der Waals surface area contributed by atoms with Gasteiger partial charge in [-0.2, -0.15) is 0 Å².